The van der Waals surface area contributed by atoms with Gasteiger partial charge in [-0.2, -0.15) is 0 Å². The fourth-order valence-electron chi connectivity index (χ4n) is 2.92. The Bertz CT molecular complexity index is 358. The van der Waals surface area contributed by atoms with Gasteiger partial charge in [-0.3, -0.25) is 5.32 Å². The van der Waals surface area contributed by atoms with Crippen molar-refractivity contribution in [1.29, 1.82) is 0 Å². The van der Waals surface area contributed by atoms with E-state index in [2.05, 4.69) is 55.7 Å². The van der Waals surface area contributed by atoms with Crippen LogP contribution in [0.1, 0.15) is 38.7 Å². The van der Waals surface area contributed by atoms with E-state index in [1.54, 1.807) is 0 Å². The molecule has 0 amide bonds. The van der Waals surface area contributed by atoms with Crippen LogP contribution in [0.3, 0.4) is 0 Å². The van der Waals surface area contributed by atoms with Crippen LogP contribution in [0.5, 0.6) is 0 Å². The Balaban J connectivity index is 1.73. The van der Waals surface area contributed by atoms with Gasteiger partial charge in [-0.1, -0.05) is 31.5 Å². The van der Waals surface area contributed by atoms with Gasteiger partial charge in [0.1, 0.15) is 0 Å². The Morgan fingerprint density at radius 1 is 1.11 bits per heavy atom. The molecule has 1 aliphatic rings. The number of aryl methyl sites for hydroxylation is 1. The molecule has 0 aliphatic heterocycles. The molecule has 18 heavy (non-hydrogen) atoms. The van der Waals surface area contributed by atoms with Gasteiger partial charge in [0.15, 0.2) is 0 Å². The normalized spacial score (nSPS) is 28.1. The highest BCUT2D eigenvalue weighted by atomic mass is 15.1. The summed E-state index contributed by atoms with van der Waals surface area (Å²) in [5.41, 5.74) is 2.51. The maximum atomic E-state index is 3.64. The van der Waals surface area contributed by atoms with Gasteiger partial charge in [-0.25, -0.2) is 0 Å². The fraction of sp³-hybridized carbons (Fsp3) is 0.625. The maximum Gasteiger partial charge on any atom is 0.0655 e. The predicted octanol–water partition coefficient (Wildman–Crippen LogP) is 3.78. The van der Waals surface area contributed by atoms with Crippen LogP contribution in [-0.2, 0) is 0 Å². The third-order valence-corrected chi connectivity index (χ3v) is 4.14. The maximum absolute atomic E-state index is 3.64. The highest BCUT2D eigenvalue weighted by molar-refractivity contribution is 5.44. The molecule has 0 aromatic heterocycles. The van der Waals surface area contributed by atoms with Crippen molar-refractivity contribution in [3.63, 3.8) is 0 Å². The van der Waals surface area contributed by atoms with E-state index in [9.17, 15) is 0 Å². The smallest absolute Gasteiger partial charge is 0.0655 e. The highest BCUT2D eigenvalue weighted by Crippen LogP contribution is 2.28. The second-order valence-corrected chi connectivity index (χ2v) is 5.93. The van der Waals surface area contributed by atoms with Crippen LogP contribution in [0, 0.1) is 18.8 Å². The lowest BCUT2D eigenvalue weighted by Gasteiger charge is -2.33. The molecule has 0 bridgehead atoms. The third kappa shape index (κ3) is 3.74. The molecule has 2 N–H and O–H groups in total. The predicted molar refractivity (Wildman–Crippen MR) is 78.8 cm³/mol. The van der Waals surface area contributed by atoms with Gasteiger partial charge >= 0.3 is 0 Å². The molecule has 1 aromatic rings. The molecule has 3 unspecified atom stereocenters. The number of hydrogen-bond acceptors (Lipinski definition) is 2. The summed E-state index contributed by atoms with van der Waals surface area (Å²) < 4.78 is 0. The zero-order valence-electron chi connectivity index (χ0n) is 11.9. The second-order valence-electron chi connectivity index (χ2n) is 5.93. The molecular formula is C16H26N2. The Morgan fingerprint density at radius 3 is 2.50 bits per heavy atom. The Hall–Kier alpha value is -1.02. The summed E-state index contributed by atoms with van der Waals surface area (Å²) in [4.78, 5) is 0. The molecule has 0 heterocycles. The highest BCUT2D eigenvalue weighted by Gasteiger charge is 2.24. The van der Waals surface area contributed by atoms with Crippen molar-refractivity contribution in [2.24, 2.45) is 11.8 Å². The van der Waals surface area contributed by atoms with E-state index in [4.69, 9.17) is 0 Å². The van der Waals surface area contributed by atoms with Crippen molar-refractivity contribution >= 4 is 5.69 Å². The van der Waals surface area contributed by atoms with Crippen LogP contribution in [0.25, 0.3) is 0 Å². The topological polar surface area (TPSA) is 24.1 Å². The van der Waals surface area contributed by atoms with E-state index >= 15 is 0 Å². The first-order valence-corrected chi connectivity index (χ1v) is 7.19. The minimum absolute atomic E-state index is 0.680. The van der Waals surface area contributed by atoms with Crippen molar-refractivity contribution < 1.29 is 0 Å². The lowest BCUT2D eigenvalue weighted by molar-refractivity contribution is 0.231. The zero-order chi connectivity index (χ0) is 13.0. The average molecular weight is 246 g/mol. The van der Waals surface area contributed by atoms with Crippen LogP contribution in [0.2, 0.25) is 0 Å². The van der Waals surface area contributed by atoms with E-state index in [0.29, 0.717) is 6.04 Å². The summed E-state index contributed by atoms with van der Waals surface area (Å²) in [6.07, 6.45) is 4.05. The third-order valence-electron chi connectivity index (χ3n) is 4.14. The first-order valence-electron chi connectivity index (χ1n) is 7.19. The summed E-state index contributed by atoms with van der Waals surface area (Å²) >= 11 is 0. The van der Waals surface area contributed by atoms with Gasteiger partial charge in [-0.15, -0.1) is 0 Å². The minimum atomic E-state index is 0.680. The SMILES string of the molecule is Cc1ccc(NCNC2CCC(C)CC2C)cc1. The van der Waals surface area contributed by atoms with E-state index in [0.717, 1.165) is 18.5 Å². The van der Waals surface area contributed by atoms with Crippen molar-refractivity contribution in [2.45, 2.75) is 46.1 Å². The molecule has 0 radical (unpaired) electrons. The second kappa shape index (κ2) is 6.24. The molecule has 0 saturated heterocycles. The van der Waals surface area contributed by atoms with Gasteiger partial charge < -0.3 is 5.32 Å². The van der Waals surface area contributed by atoms with Crippen molar-refractivity contribution in [3.8, 4) is 0 Å². The number of rotatable bonds is 4. The summed E-state index contributed by atoms with van der Waals surface area (Å²) in [6.45, 7) is 7.73. The number of nitrogens with one attached hydrogen (secondary N) is 2. The van der Waals surface area contributed by atoms with E-state index < -0.39 is 0 Å². The summed E-state index contributed by atoms with van der Waals surface area (Å²) in [5.74, 6) is 1.71. The lowest BCUT2D eigenvalue weighted by atomic mass is 9.80. The van der Waals surface area contributed by atoms with Crippen LogP contribution >= 0.6 is 0 Å². The van der Waals surface area contributed by atoms with E-state index in [1.807, 2.05) is 0 Å². The molecule has 1 fully saturated rings. The molecule has 2 heteroatoms. The minimum Gasteiger partial charge on any atom is -0.372 e. The van der Waals surface area contributed by atoms with Crippen molar-refractivity contribution in [2.75, 3.05) is 12.0 Å². The molecule has 1 aromatic carbocycles. The zero-order valence-corrected chi connectivity index (χ0v) is 11.9. The average Bonchev–Trinajstić information content (AvgIpc) is 2.34. The number of hydrogen-bond donors (Lipinski definition) is 2. The Kier molecular flexibility index (Phi) is 4.65. The number of benzene rings is 1. The Morgan fingerprint density at radius 2 is 1.83 bits per heavy atom. The van der Waals surface area contributed by atoms with Gasteiger partial charge in [0.2, 0.25) is 0 Å². The molecule has 3 atom stereocenters. The summed E-state index contributed by atoms with van der Waals surface area (Å²) in [5, 5.41) is 7.08. The molecule has 2 rings (SSSR count). The van der Waals surface area contributed by atoms with Crippen LogP contribution < -0.4 is 10.6 Å². The molecule has 0 spiro atoms. The van der Waals surface area contributed by atoms with Gasteiger partial charge in [0.05, 0.1) is 6.67 Å². The molecule has 2 nitrogen and oxygen atoms in total. The summed E-state index contributed by atoms with van der Waals surface area (Å²) in [6, 6.07) is 9.26. The van der Waals surface area contributed by atoms with Crippen LogP contribution in [-0.4, -0.2) is 12.7 Å². The van der Waals surface area contributed by atoms with Crippen LogP contribution in [0.4, 0.5) is 5.69 Å². The standard InChI is InChI=1S/C16H26N2/c1-12-4-7-15(8-5-12)17-11-18-16-9-6-13(2)10-14(16)3/h4-5,7-8,13-14,16-18H,6,9-11H2,1-3H3. The Labute approximate surface area is 111 Å². The van der Waals surface area contributed by atoms with Gasteiger partial charge in [0.25, 0.3) is 0 Å². The van der Waals surface area contributed by atoms with Gasteiger partial charge in [-0.05, 0) is 50.2 Å². The fourth-order valence-corrected chi connectivity index (χ4v) is 2.92. The summed E-state index contributed by atoms with van der Waals surface area (Å²) in [7, 11) is 0. The first-order chi connectivity index (χ1) is 8.65. The monoisotopic (exact) mass is 246 g/mol. The molecule has 1 aliphatic carbocycles. The van der Waals surface area contributed by atoms with E-state index in [1.165, 1.54) is 30.5 Å². The molecule has 1 saturated carbocycles. The first kappa shape index (κ1) is 13.4. The van der Waals surface area contributed by atoms with Crippen molar-refractivity contribution in [3.05, 3.63) is 29.8 Å². The largest absolute Gasteiger partial charge is 0.372 e. The van der Waals surface area contributed by atoms with E-state index in [-0.39, 0.29) is 0 Å². The number of anilines is 1. The lowest BCUT2D eigenvalue weighted by Crippen LogP contribution is -2.41. The van der Waals surface area contributed by atoms with Crippen LogP contribution in [0.15, 0.2) is 24.3 Å². The van der Waals surface area contributed by atoms with Gasteiger partial charge in [0, 0.05) is 11.7 Å². The quantitative estimate of drug-likeness (QED) is 0.790. The van der Waals surface area contributed by atoms with Crippen molar-refractivity contribution in [1.82, 2.24) is 5.32 Å². The molecular weight excluding hydrogens is 220 g/mol. The molecule has 100 valence electrons.